The zero-order valence-corrected chi connectivity index (χ0v) is 19.9. The lowest BCUT2D eigenvalue weighted by Crippen LogP contribution is -2.43. The van der Waals surface area contributed by atoms with Crippen molar-refractivity contribution in [2.75, 3.05) is 27.9 Å². The van der Waals surface area contributed by atoms with E-state index < -0.39 is 23.8 Å². The molecule has 1 aromatic carbocycles. The number of allylic oxidation sites excluding steroid dienone is 3. The molecule has 1 N–H and O–H groups in total. The first-order valence-electron chi connectivity index (χ1n) is 11.0. The van der Waals surface area contributed by atoms with Crippen molar-refractivity contribution in [1.29, 1.82) is 0 Å². The van der Waals surface area contributed by atoms with Crippen LogP contribution in [0.5, 0.6) is 11.5 Å². The van der Waals surface area contributed by atoms with Gasteiger partial charge in [-0.3, -0.25) is 9.59 Å². The molecule has 33 heavy (non-hydrogen) atoms. The van der Waals surface area contributed by atoms with Gasteiger partial charge >= 0.3 is 11.9 Å². The number of ether oxygens (including phenoxy) is 4. The molecule has 1 aliphatic carbocycles. The summed E-state index contributed by atoms with van der Waals surface area (Å²) in [5, 5.41) is 3.24. The van der Waals surface area contributed by atoms with Crippen LogP contribution in [0.4, 0.5) is 0 Å². The third kappa shape index (κ3) is 4.34. The second-order valence-corrected chi connectivity index (χ2v) is 8.25. The maximum absolute atomic E-state index is 13.8. The van der Waals surface area contributed by atoms with Gasteiger partial charge in [-0.25, -0.2) is 4.79 Å². The molecular weight excluding hydrogens is 426 g/mol. The molecule has 1 aliphatic heterocycles. The van der Waals surface area contributed by atoms with Crippen molar-refractivity contribution in [1.82, 2.24) is 5.32 Å². The number of rotatable bonds is 7. The highest BCUT2D eigenvalue weighted by molar-refractivity contribution is 6.12. The minimum absolute atomic E-state index is 0.249. The molecule has 0 saturated heterocycles. The molecule has 0 fully saturated rings. The number of hydrogen-bond donors (Lipinski definition) is 1. The van der Waals surface area contributed by atoms with Gasteiger partial charge in [0.05, 0.1) is 39.4 Å². The molecule has 0 spiro atoms. The lowest BCUT2D eigenvalue weighted by Gasteiger charge is -2.38. The summed E-state index contributed by atoms with van der Waals surface area (Å²) in [7, 11) is 4.30. The van der Waals surface area contributed by atoms with Gasteiger partial charge in [-0.2, -0.15) is 0 Å². The predicted octanol–water partition coefficient (Wildman–Crippen LogP) is 3.27. The Hall–Kier alpha value is -3.29. The molecule has 0 unspecified atom stereocenters. The van der Waals surface area contributed by atoms with Crippen LogP contribution in [0.2, 0.25) is 0 Å². The van der Waals surface area contributed by atoms with Gasteiger partial charge in [-0.1, -0.05) is 26.0 Å². The van der Waals surface area contributed by atoms with Crippen LogP contribution in [0.15, 0.2) is 40.7 Å². The van der Waals surface area contributed by atoms with E-state index in [1.54, 1.807) is 25.1 Å². The van der Waals surface area contributed by atoms with Crippen molar-refractivity contribution in [3.63, 3.8) is 0 Å². The van der Waals surface area contributed by atoms with Gasteiger partial charge in [-0.15, -0.1) is 0 Å². The molecule has 0 amide bonds. The number of dihydropyridines is 1. The molecule has 1 heterocycles. The summed E-state index contributed by atoms with van der Waals surface area (Å²) in [5.74, 6) is -2.61. The number of methoxy groups -OCH3 is 3. The van der Waals surface area contributed by atoms with E-state index in [4.69, 9.17) is 18.9 Å². The third-order valence-electron chi connectivity index (χ3n) is 6.14. The second-order valence-electron chi connectivity index (χ2n) is 8.25. The van der Waals surface area contributed by atoms with Gasteiger partial charge in [0.1, 0.15) is 5.92 Å². The molecule has 1 aromatic rings. The smallest absolute Gasteiger partial charge is 0.336 e. The summed E-state index contributed by atoms with van der Waals surface area (Å²) in [4.78, 5) is 39.5. The zero-order valence-electron chi connectivity index (χ0n) is 19.9. The Morgan fingerprint density at radius 1 is 1.15 bits per heavy atom. The van der Waals surface area contributed by atoms with E-state index in [1.807, 2.05) is 13.8 Å². The summed E-state index contributed by atoms with van der Waals surface area (Å²) in [6, 6.07) is 5.31. The molecule has 3 atom stereocenters. The first-order chi connectivity index (χ1) is 15.8. The van der Waals surface area contributed by atoms with Crippen LogP contribution in [0.3, 0.4) is 0 Å². The number of para-hydroxylation sites is 1. The quantitative estimate of drug-likeness (QED) is 0.492. The Morgan fingerprint density at radius 3 is 2.48 bits per heavy atom. The van der Waals surface area contributed by atoms with Gasteiger partial charge in [0, 0.05) is 22.5 Å². The van der Waals surface area contributed by atoms with Crippen LogP contribution in [0.25, 0.3) is 0 Å². The van der Waals surface area contributed by atoms with Crippen LogP contribution in [-0.4, -0.2) is 45.7 Å². The number of nitrogens with one attached hydrogen (secondary N) is 1. The van der Waals surface area contributed by atoms with Crippen LogP contribution in [0, 0.1) is 11.8 Å². The van der Waals surface area contributed by atoms with E-state index in [9.17, 15) is 14.4 Å². The topological polar surface area (TPSA) is 100 Å². The highest BCUT2D eigenvalue weighted by Crippen LogP contribution is 2.49. The molecule has 178 valence electrons. The van der Waals surface area contributed by atoms with Gasteiger partial charge in [0.25, 0.3) is 0 Å². The fraction of sp³-hybridized carbons (Fsp3) is 0.480. The van der Waals surface area contributed by atoms with E-state index in [0.29, 0.717) is 52.4 Å². The average molecular weight is 458 g/mol. The highest BCUT2D eigenvalue weighted by atomic mass is 16.5. The van der Waals surface area contributed by atoms with Crippen LogP contribution in [0.1, 0.15) is 45.1 Å². The lowest BCUT2D eigenvalue weighted by atomic mass is 9.69. The van der Waals surface area contributed by atoms with Crippen molar-refractivity contribution in [2.45, 2.75) is 39.5 Å². The molecule has 0 saturated carbocycles. The van der Waals surface area contributed by atoms with Crippen LogP contribution < -0.4 is 14.8 Å². The monoisotopic (exact) mass is 457 g/mol. The summed E-state index contributed by atoms with van der Waals surface area (Å²) in [6.07, 6.45) is 1.12. The van der Waals surface area contributed by atoms with Crippen molar-refractivity contribution in [2.24, 2.45) is 11.8 Å². The summed E-state index contributed by atoms with van der Waals surface area (Å²) in [6.45, 7) is 5.78. The molecule has 8 nitrogen and oxygen atoms in total. The first kappa shape index (κ1) is 24.4. The predicted molar refractivity (Wildman–Crippen MR) is 121 cm³/mol. The average Bonchev–Trinajstić information content (AvgIpc) is 2.80. The van der Waals surface area contributed by atoms with E-state index in [0.717, 1.165) is 0 Å². The van der Waals surface area contributed by atoms with Gasteiger partial charge in [0.15, 0.2) is 17.3 Å². The van der Waals surface area contributed by atoms with E-state index in [-0.39, 0.29) is 18.3 Å². The maximum atomic E-state index is 13.8. The Kier molecular flexibility index (Phi) is 7.46. The largest absolute Gasteiger partial charge is 0.493 e. The molecule has 3 rings (SSSR count). The fourth-order valence-electron chi connectivity index (χ4n) is 4.67. The number of esters is 2. The minimum atomic E-state index is -0.957. The maximum Gasteiger partial charge on any atom is 0.336 e. The van der Waals surface area contributed by atoms with Crippen LogP contribution >= 0.6 is 0 Å². The number of carbonyl (C=O) groups is 3. The second kappa shape index (κ2) is 10.1. The van der Waals surface area contributed by atoms with Gasteiger partial charge < -0.3 is 24.3 Å². The minimum Gasteiger partial charge on any atom is -0.493 e. The molecule has 0 aromatic heterocycles. The van der Waals surface area contributed by atoms with Crippen molar-refractivity contribution in [3.05, 3.63) is 46.3 Å². The molecule has 2 aliphatic rings. The summed E-state index contributed by atoms with van der Waals surface area (Å²) in [5.41, 5.74) is 2.53. The van der Waals surface area contributed by atoms with Gasteiger partial charge in [0.2, 0.25) is 0 Å². The Balaban J connectivity index is 2.26. The zero-order chi connectivity index (χ0) is 24.3. The van der Waals surface area contributed by atoms with Crippen LogP contribution in [-0.2, 0) is 23.9 Å². The summed E-state index contributed by atoms with van der Waals surface area (Å²) < 4.78 is 21.5. The first-order valence-corrected chi connectivity index (χ1v) is 11.0. The van der Waals surface area contributed by atoms with Crippen molar-refractivity contribution < 1.29 is 33.3 Å². The Labute approximate surface area is 193 Å². The van der Waals surface area contributed by atoms with Crippen molar-refractivity contribution >= 4 is 17.7 Å². The lowest BCUT2D eigenvalue weighted by molar-refractivity contribution is -0.151. The molecule has 0 bridgehead atoms. The number of ketones is 1. The van der Waals surface area contributed by atoms with E-state index in [2.05, 4.69) is 5.32 Å². The molecule has 0 radical (unpaired) electrons. The highest BCUT2D eigenvalue weighted by Gasteiger charge is 2.48. The summed E-state index contributed by atoms with van der Waals surface area (Å²) >= 11 is 0. The van der Waals surface area contributed by atoms with Gasteiger partial charge in [-0.05, 0) is 31.7 Å². The van der Waals surface area contributed by atoms with Crippen molar-refractivity contribution in [3.8, 4) is 11.5 Å². The normalized spacial score (nSPS) is 22.4. The Morgan fingerprint density at radius 2 is 1.88 bits per heavy atom. The van der Waals surface area contributed by atoms with E-state index >= 15 is 0 Å². The fourth-order valence-corrected chi connectivity index (χ4v) is 4.67. The number of hydrogen-bond acceptors (Lipinski definition) is 8. The van der Waals surface area contributed by atoms with E-state index in [1.165, 1.54) is 21.3 Å². The number of carbonyl (C=O) groups excluding carboxylic acids is 3. The Bertz CT molecular complexity index is 1020. The number of benzene rings is 1. The molecule has 8 heteroatoms. The third-order valence-corrected chi connectivity index (χ3v) is 6.14. The number of Topliss-reactive ketones (excluding diaryl/α,β-unsaturated/α-hetero) is 1. The standard InChI is InChI=1S/C25H31NO7/c1-7-11-33-25(29)19-14(3)26-16-12-13(2)18(24(28)32-6)22(27)21(16)20(19)15-9-8-10-17(30-4)23(15)31-5/h8-10,13,18,20,26H,7,11-12H2,1-6H3/t13-,18-,20+/m1/s1. The molecular formula is C25H31NO7. The SMILES string of the molecule is CCCOC(=O)C1=C(C)NC2=C(C(=O)[C@H](C(=O)OC)[C@H](C)C2)[C@H]1c1cccc(OC)c1OC.